The molecule has 3 rings (SSSR count). The minimum absolute atomic E-state index is 0.0156. The number of hydrogen-bond acceptors (Lipinski definition) is 6. The van der Waals surface area contributed by atoms with E-state index in [1.807, 2.05) is 6.92 Å². The zero-order chi connectivity index (χ0) is 17.1. The van der Waals surface area contributed by atoms with Crippen molar-refractivity contribution in [1.29, 1.82) is 0 Å². The van der Waals surface area contributed by atoms with Gasteiger partial charge in [-0.15, -0.1) is 0 Å². The summed E-state index contributed by atoms with van der Waals surface area (Å²) >= 11 is 0. The van der Waals surface area contributed by atoms with Crippen LogP contribution in [-0.2, 0) is 11.2 Å². The Bertz CT molecular complexity index is 919. The topological polar surface area (TPSA) is 99.6 Å². The highest BCUT2D eigenvalue weighted by atomic mass is 16.6. The summed E-state index contributed by atoms with van der Waals surface area (Å²) < 4.78 is 6.71. The number of esters is 1. The van der Waals surface area contributed by atoms with Gasteiger partial charge in [-0.1, -0.05) is 18.2 Å². The van der Waals surface area contributed by atoms with E-state index in [1.165, 1.54) is 16.8 Å². The normalized spacial score (nSPS) is 10.7. The fourth-order valence-electron chi connectivity index (χ4n) is 2.33. The first-order chi connectivity index (χ1) is 11.6. The minimum atomic E-state index is -0.554. The number of nitro benzene ring substituents is 1. The molecule has 3 aromatic rings. The molecule has 2 heterocycles. The van der Waals surface area contributed by atoms with E-state index in [-0.39, 0.29) is 24.3 Å². The molecular weight excluding hydrogens is 312 g/mol. The summed E-state index contributed by atoms with van der Waals surface area (Å²) in [6.45, 7) is 1.85. The molecule has 2 aromatic heterocycles. The summed E-state index contributed by atoms with van der Waals surface area (Å²) in [6.07, 6.45) is 3.37. The van der Waals surface area contributed by atoms with E-state index >= 15 is 0 Å². The summed E-state index contributed by atoms with van der Waals surface area (Å²) in [5.74, 6) is -0.554. The van der Waals surface area contributed by atoms with Gasteiger partial charge in [0, 0.05) is 29.9 Å². The van der Waals surface area contributed by atoms with Crippen LogP contribution >= 0.6 is 0 Å². The molecule has 0 aliphatic heterocycles. The largest absolute Gasteiger partial charge is 0.462 e. The van der Waals surface area contributed by atoms with Crippen LogP contribution in [0.15, 0.2) is 42.7 Å². The molecule has 0 atom stereocenters. The molecule has 0 unspecified atom stereocenters. The molecule has 0 N–H and O–H groups in total. The van der Waals surface area contributed by atoms with E-state index in [0.717, 1.165) is 5.69 Å². The highest BCUT2D eigenvalue weighted by molar-refractivity contribution is 5.95. The van der Waals surface area contributed by atoms with Crippen molar-refractivity contribution in [3.8, 4) is 0 Å². The lowest BCUT2D eigenvalue weighted by molar-refractivity contribution is -0.385. The van der Waals surface area contributed by atoms with E-state index < -0.39 is 10.9 Å². The number of ether oxygens (including phenoxy) is 1. The van der Waals surface area contributed by atoms with Crippen LogP contribution in [0.25, 0.3) is 5.65 Å². The number of rotatable bonds is 5. The number of carbonyl (C=O) groups excluding carboxylic acids is 1. The Morgan fingerprint density at radius 3 is 2.92 bits per heavy atom. The predicted molar refractivity (Wildman–Crippen MR) is 84.8 cm³/mol. The van der Waals surface area contributed by atoms with Crippen LogP contribution in [0, 0.1) is 17.0 Å². The Kier molecular flexibility index (Phi) is 4.19. The van der Waals surface area contributed by atoms with Crippen molar-refractivity contribution < 1.29 is 14.5 Å². The molecular formula is C16H14N4O4. The predicted octanol–water partition coefficient (Wildman–Crippen LogP) is 2.35. The third-order valence-electron chi connectivity index (χ3n) is 3.52. The molecule has 8 nitrogen and oxygen atoms in total. The summed E-state index contributed by atoms with van der Waals surface area (Å²) in [5, 5.41) is 15.0. The van der Waals surface area contributed by atoms with E-state index in [2.05, 4.69) is 10.1 Å². The third-order valence-corrected chi connectivity index (χ3v) is 3.52. The molecule has 0 radical (unpaired) electrons. The van der Waals surface area contributed by atoms with Gasteiger partial charge in [-0.2, -0.15) is 5.10 Å². The van der Waals surface area contributed by atoms with Gasteiger partial charge in [0.15, 0.2) is 5.65 Å². The molecule has 0 fully saturated rings. The lowest BCUT2D eigenvalue weighted by Gasteiger charge is -2.05. The molecule has 0 saturated heterocycles. The number of fused-ring (bicyclic) bond motifs is 1. The van der Waals surface area contributed by atoms with Crippen LogP contribution in [0.1, 0.15) is 21.6 Å². The molecule has 8 heteroatoms. The van der Waals surface area contributed by atoms with Crippen molar-refractivity contribution in [1.82, 2.24) is 14.6 Å². The second-order valence-electron chi connectivity index (χ2n) is 5.17. The molecule has 0 saturated carbocycles. The number of aromatic nitrogens is 3. The Hall–Kier alpha value is -3.29. The zero-order valence-corrected chi connectivity index (χ0v) is 12.9. The number of aryl methyl sites for hydroxylation is 1. The number of nitro groups is 1. The molecule has 122 valence electrons. The van der Waals surface area contributed by atoms with Crippen LogP contribution in [0.5, 0.6) is 0 Å². The third kappa shape index (κ3) is 3.07. The van der Waals surface area contributed by atoms with Gasteiger partial charge in [-0.3, -0.25) is 10.1 Å². The fourth-order valence-corrected chi connectivity index (χ4v) is 2.33. The maximum Gasteiger partial charge on any atom is 0.343 e. The summed E-state index contributed by atoms with van der Waals surface area (Å²) in [5.41, 5.74) is 1.98. The number of para-hydroxylation sites is 1. The molecule has 0 spiro atoms. The quantitative estimate of drug-likeness (QED) is 0.405. The van der Waals surface area contributed by atoms with Gasteiger partial charge >= 0.3 is 5.97 Å². The number of hydrogen-bond donors (Lipinski definition) is 0. The van der Waals surface area contributed by atoms with Crippen molar-refractivity contribution in [3.63, 3.8) is 0 Å². The van der Waals surface area contributed by atoms with E-state index in [1.54, 1.807) is 30.5 Å². The van der Waals surface area contributed by atoms with Crippen molar-refractivity contribution in [2.24, 2.45) is 0 Å². The summed E-state index contributed by atoms with van der Waals surface area (Å²) in [6, 6.07) is 8.16. The summed E-state index contributed by atoms with van der Waals surface area (Å²) in [7, 11) is 0. The Labute approximate surface area is 136 Å². The van der Waals surface area contributed by atoms with Crippen LogP contribution in [0.4, 0.5) is 5.69 Å². The van der Waals surface area contributed by atoms with Crippen molar-refractivity contribution >= 4 is 17.3 Å². The second-order valence-corrected chi connectivity index (χ2v) is 5.17. The SMILES string of the molecule is Cc1ccn2ncc(C(=O)OCCc3ccccc3[N+](=O)[O-])c2n1. The molecule has 1 aromatic carbocycles. The van der Waals surface area contributed by atoms with E-state index in [4.69, 9.17) is 4.74 Å². The molecule has 0 aliphatic rings. The Balaban J connectivity index is 1.70. The monoisotopic (exact) mass is 326 g/mol. The molecule has 0 amide bonds. The van der Waals surface area contributed by atoms with E-state index in [9.17, 15) is 14.9 Å². The first-order valence-corrected chi connectivity index (χ1v) is 7.26. The molecule has 0 aliphatic carbocycles. The number of carbonyl (C=O) groups is 1. The molecule has 0 bridgehead atoms. The van der Waals surface area contributed by atoms with Gasteiger partial charge in [0.25, 0.3) is 5.69 Å². The van der Waals surface area contributed by atoms with Crippen molar-refractivity contribution in [3.05, 3.63) is 69.7 Å². The Morgan fingerprint density at radius 1 is 1.33 bits per heavy atom. The van der Waals surface area contributed by atoms with Gasteiger partial charge < -0.3 is 4.74 Å². The van der Waals surface area contributed by atoms with Crippen LogP contribution in [-0.4, -0.2) is 32.1 Å². The second kappa shape index (κ2) is 6.45. The van der Waals surface area contributed by atoms with Gasteiger partial charge in [-0.25, -0.2) is 14.3 Å². The first kappa shape index (κ1) is 15.6. The minimum Gasteiger partial charge on any atom is -0.462 e. The number of benzene rings is 1. The maximum absolute atomic E-state index is 12.2. The lowest BCUT2D eigenvalue weighted by Crippen LogP contribution is -2.09. The fraction of sp³-hybridized carbons (Fsp3) is 0.188. The Morgan fingerprint density at radius 2 is 2.12 bits per heavy atom. The van der Waals surface area contributed by atoms with Gasteiger partial charge in [0.1, 0.15) is 5.56 Å². The lowest BCUT2D eigenvalue weighted by atomic mass is 10.1. The zero-order valence-electron chi connectivity index (χ0n) is 12.9. The smallest absolute Gasteiger partial charge is 0.343 e. The summed E-state index contributed by atoms with van der Waals surface area (Å²) in [4.78, 5) is 27.0. The standard InChI is InChI=1S/C16H14N4O4/c1-11-6-8-19-15(18-11)13(10-17-19)16(21)24-9-7-12-4-2-3-5-14(12)20(22)23/h2-6,8,10H,7,9H2,1H3. The van der Waals surface area contributed by atoms with E-state index in [0.29, 0.717) is 11.2 Å². The average molecular weight is 326 g/mol. The van der Waals surface area contributed by atoms with Gasteiger partial charge in [0.05, 0.1) is 17.7 Å². The van der Waals surface area contributed by atoms with Crippen molar-refractivity contribution in [2.45, 2.75) is 13.3 Å². The molecule has 24 heavy (non-hydrogen) atoms. The van der Waals surface area contributed by atoms with Crippen LogP contribution in [0.3, 0.4) is 0 Å². The maximum atomic E-state index is 12.2. The highest BCUT2D eigenvalue weighted by Crippen LogP contribution is 2.18. The number of nitrogens with zero attached hydrogens (tertiary/aromatic N) is 4. The highest BCUT2D eigenvalue weighted by Gasteiger charge is 2.17. The van der Waals surface area contributed by atoms with Crippen LogP contribution in [0.2, 0.25) is 0 Å². The van der Waals surface area contributed by atoms with Crippen LogP contribution < -0.4 is 0 Å². The van der Waals surface area contributed by atoms with Gasteiger partial charge in [-0.05, 0) is 13.0 Å². The first-order valence-electron chi connectivity index (χ1n) is 7.26. The average Bonchev–Trinajstić information content (AvgIpc) is 2.98. The van der Waals surface area contributed by atoms with Crippen molar-refractivity contribution in [2.75, 3.05) is 6.61 Å². The van der Waals surface area contributed by atoms with Gasteiger partial charge in [0.2, 0.25) is 0 Å².